The SMILES string of the molecule is Cc1nc2c(-c3ccccc3)c(C)[nH]n2c(=O)c1-c1nnc(N2CCCCC2CN)o1. The average Bonchev–Trinajstić information content (AvgIpc) is 3.39. The Bertz CT molecular complexity index is 1290. The molecule has 1 aliphatic rings. The van der Waals surface area contributed by atoms with E-state index < -0.39 is 0 Å². The van der Waals surface area contributed by atoms with Gasteiger partial charge < -0.3 is 15.1 Å². The van der Waals surface area contributed by atoms with E-state index in [0.717, 1.165) is 42.6 Å². The van der Waals surface area contributed by atoms with Crippen molar-refractivity contribution < 1.29 is 4.42 Å². The molecule has 1 unspecified atom stereocenters. The molecule has 4 aromatic rings. The number of aromatic nitrogens is 5. The molecule has 0 amide bonds. The van der Waals surface area contributed by atoms with Gasteiger partial charge in [0.1, 0.15) is 5.56 Å². The zero-order chi connectivity index (χ0) is 21.5. The summed E-state index contributed by atoms with van der Waals surface area (Å²) in [6.45, 7) is 5.06. The number of aromatic amines is 1. The molecule has 1 fully saturated rings. The maximum atomic E-state index is 13.4. The van der Waals surface area contributed by atoms with Crippen molar-refractivity contribution in [2.45, 2.75) is 39.2 Å². The van der Waals surface area contributed by atoms with Gasteiger partial charge in [-0.3, -0.25) is 9.89 Å². The summed E-state index contributed by atoms with van der Waals surface area (Å²) in [4.78, 5) is 20.2. The molecule has 0 spiro atoms. The summed E-state index contributed by atoms with van der Waals surface area (Å²) in [5.41, 5.74) is 9.84. The number of rotatable bonds is 4. The zero-order valence-electron chi connectivity index (χ0n) is 17.6. The molecule has 31 heavy (non-hydrogen) atoms. The second kappa shape index (κ2) is 7.66. The molecule has 160 valence electrons. The number of nitrogens with two attached hydrogens (primary N) is 1. The van der Waals surface area contributed by atoms with Crippen LogP contribution in [0.25, 0.3) is 28.2 Å². The number of H-pyrrole nitrogens is 1. The number of fused-ring (bicyclic) bond motifs is 1. The molecule has 4 heterocycles. The molecule has 3 N–H and O–H groups in total. The third-order valence-corrected chi connectivity index (χ3v) is 5.98. The molecule has 0 radical (unpaired) electrons. The molecule has 0 aliphatic carbocycles. The number of piperidine rings is 1. The fourth-order valence-corrected chi connectivity index (χ4v) is 4.42. The lowest BCUT2D eigenvalue weighted by molar-refractivity contribution is 0.424. The van der Waals surface area contributed by atoms with Crippen LogP contribution >= 0.6 is 0 Å². The van der Waals surface area contributed by atoms with Crippen LogP contribution in [-0.4, -0.2) is 43.9 Å². The van der Waals surface area contributed by atoms with Gasteiger partial charge in [0.25, 0.3) is 11.4 Å². The molecule has 0 bridgehead atoms. The van der Waals surface area contributed by atoms with Gasteiger partial charge in [0.05, 0.1) is 5.69 Å². The van der Waals surface area contributed by atoms with Crippen LogP contribution < -0.4 is 16.2 Å². The van der Waals surface area contributed by atoms with Crippen LogP contribution in [0, 0.1) is 13.8 Å². The minimum absolute atomic E-state index is 0.171. The van der Waals surface area contributed by atoms with E-state index in [1.165, 1.54) is 4.52 Å². The maximum absolute atomic E-state index is 13.4. The van der Waals surface area contributed by atoms with Gasteiger partial charge in [-0.2, -0.15) is 0 Å². The Morgan fingerprint density at radius 3 is 2.74 bits per heavy atom. The van der Waals surface area contributed by atoms with E-state index in [1.807, 2.05) is 42.2 Å². The molecule has 9 heteroatoms. The molecule has 9 nitrogen and oxygen atoms in total. The van der Waals surface area contributed by atoms with Gasteiger partial charge in [-0.15, -0.1) is 5.10 Å². The minimum Gasteiger partial charge on any atom is -0.403 e. The van der Waals surface area contributed by atoms with Crippen LogP contribution in [0.2, 0.25) is 0 Å². The second-order valence-electron chi connectivity index (χ2n) is 7.98. The zero-order valence-corrected chi connectivity index (χ0v) is 17.6. The minimum atomic E-state index is -0.267. The number of hydrogen-bond donors (Lipinski definition) is 2. The van der Waals surface area contributed by atoms with Crippen molar-refractivity contribution in [2.24, 2.45) is 5.73 Å². The highest BCUT2D eigenvalue weighted by Gasteiger charge is 2.28. The van der Waals surface area contributed by atoms with Crippen molar-refractivity contribution in [1.82, 2.24) is 24.8 Å². The Balaban J connectivity index is 1.61. The van der Waals surface area contributed by atoms with Crippen molar-refractivity contribution in [1.29, 1.82) is 0 Å². The van der Waals surface area contributed by atoms with E-state index >= 15 is 0 Å². The number of nitrogens with one attached hydrogen (secondary N) is 1. The lowest BCUT2D eigenvalue weighted by atomic mass is 10.0. The lowest BCUT2D eigenvalue weighted by Gasteiger charge is -2.33. The Labute approximate surface area is 178 Å². The van der Waals surface area contributed by atoms with Crippen molar-refractivity contribution in [2.75, 3.05) is 18.0 Å². The highest BCUT2D eigenvalue weighted by atomic mass is 16.4. The van der Waals surface area contributed by atoms with E-state index in [4.69, 9.17) is 15.1 Å². The van der Waals surface area contributed by atoms with Crippen LogP contribution in [0.5, 0.6) is 0 Å². The Kier molecular flexibility index (Phi) is 4.82. The average molecular weight is 419 g/mol. The van der Waals surface area contributed by atoms with E-state index in [0.29, 0.717) is 29.5 Å². The molecule has 1 aliphatic heterocycles. The number of nitrogens with zero attached hydrogens (tertiary/aromatic N) is 5. The van der Waals surface area contributed by atoms with Crippen molar-refractivity contribution in [3.05, 3.63) is 52.1 Å². The van der Waals surface area contributed by atoms with Gasteiger partial charge in [0, 0.05) is 30.4 Å². The molecule has 1 aromatic carbocycles. The summed E-state index contributed by atoms with van der Waals surface area (Å²) in [6, 6.07) is 10.5. The smallest absolute Gasteiger partial charge is 0.318 e. The first-order valence-electron chi connectivity index (χ1n) is 10.6. The van der Waals surface area contributed by atoms with E-state index in [9.17, 15) is 4.79 Å². The van der Waals surface area contributed by atoms with Gasteiger partial charge in [-0.1, -0.05) is 35.4 Å². The molecule has 1 saturated heterocycles. The van der Waals surface area contributed by atoms with Crippen LogP contribution in [0.3, 0.4) is 0 Å². The summed E-state index contributed by atoms with van der Waals surface area (Å²) >= 11 is 0. The van der Waals surface area contributed by atoms with Gasteiger partial charge >= 0.3 is 6.01 Å². The van der Waals surface area contributed by atoms with Crippen molar-refractivity contribution in [3.8, 4) is 22.6 Å². The summed E-state index contributed by atoms with van der Waals surface area (Å²) < 4.78 is 7.41. The van der Waals surface area contributed by atoms with Crippen LogP contribution in [0.15, 0.2) is 39.5 Å². The summed E-state index contributed by atoms with van der Waals surface area (Å²) in [5, 5.41) is 11.5. The Morgan fingerprint density at radius 2 is 1.97 bits per heavy atom. The van der Waals surface area contributed by atoms with Crippen LogP contribution in [0.1, 0.15) is 30.7 Å². The number of aryl methyl sites for hydroxylation is 2. The lowest BCUT2D eigenvalue weighted by Crippen LogP contribution is -2.44. The quantitative estimate of drug-likeness (QED) is 0.522. The first-order valence-corrected chi connectivity index (χ1v) is 10.6. The Hall–Kier alpha value is -3.46. The van der Waals surface area contributed by atoms with Gasteiger partial charge in [0.15, 0.2) is 5.65 Å². The standard InChI is InChI=1S/C22H25N7O2/c1-13-18(20-25-26-22(31-20)28-11-7-6-10-16(28)12-23)21(30)29-19(24-13)17(14(2)27-29)15-8-4-3-5-9-15/h3-5,8-9,16,27H,6-7,10-12,23H2,1-2H3. The first-order chi connectivity index (χ1) is 15.1. The fraction of sp³-hybridized carbons (Fsp3) is 0.364. The molecule has 0 saturated carbocycles. The molecule has 5 rings (SSSR count). The van der Waals surface area contributed by atoms with E-state index in [-0.39, 0.29) is 17.5 Å². The first kappa shape index (κ1) is 19.5. The molecular formula is C22H25N7O2. The predicted molar refractivity (Wildman–Crippen MR) is 118 cm³/mol. The summed E-state index contributed by atoms with van der Waals surface area (Å²) in [5.74, 6) is 0.175. The summed E-state index contributed by atoms with van der Waals surface area (Å²) in [6.07, 6.45) is 3.18. The Morgan fingerprint density at radius 1 is 1.16 bits per heavy atom. The monoisotopic (exact) mass is 419 g/mol. The summed E-state index contributed by atoms with van der Waals surface area (Å²) in [7, 11) is 0. The van der Waals surface area contributed by atoms with Crippen LogP contribution in [0.4, 0.5) is 6.01 Å². The molecular weight excluding hydrogens is 394 g/mol. The topological polar surface area (TPSA) is 118 Å². The largest absolute Gasteiger partial charge is 0.403 e. The number of benzene rings is 1. The highest BCUT2D eigenvalue weighted by molar-refractivity contribution is 5.80. The van der Waals surface area contributed by atoms with Gasteiger partial charge in [-0.05, 0) is 38.7 Å². The third-order valence-electron chi connectivity index (χ3n) is 5.98. The number of hydrogen-bond acceptors (Lipinski definition) is 7. The van der Waals surface area contributed by atoms with Gasteiger partial charge in [-0.25, -0.2) is 9.50 Å². The predicted octanol–water partition coefficient (Wildman–Crippen LogP) is 2.67. The fourth-order valence-electron chi connectivity index (χ4n) is 4.42. The molecule has 1 atom stereocenters. The van der Waals surface area contributed by atoms with Crippen LogP contribution in [-0.2, 0) is 0 Å². The van der Waals surface area contributed by atoms with Crippen molar-refractivity contribution in [3.63, 3.8) is 0 Å². The maximum Gasteiger partial charge on any atom is 0.318 e. The van der Waals surface area contributed by atoms with E-state index in [2.05, 4.69) is 15.3 Å². The normalized spacial score (nSPS) is 16.9. The molecule has 3 aromatic heterocycles. The second-order valence-corrected chi connectivity index (χ2v) is 7.98. The highest BCUT2D eigenvalue weighted by Crippen LogP contribution is 2.29. The third kappa shape index (κ3) is 3.21. The van der Waals surface area contributed by atoms with E-state index in [1.54, 1.807) is 6.92 Å². The number of anilines is 1. The van der Waals surface area contributed by atoms with Crippen molar-refractivity contribution >= 4 is 11.7 Å². The van der Waals surface area contributed by atoms with Gasteiger partial charge in [0.2, 0.25) is 0 Å².